The predicted molar refractivity (Wildman–Crippen MR) is 66.3 cm³/mol. The van der Waals surface area contributed by atoms with Gasteiger partial charge in [0.05, 0.1) is 11.6 Å². The maximum Gasteiger partial charge on any atom is 0.216 e. The lowest BCUT2D eigenvalue weighted by atomic mass is 10.0. The summed E-state index contributed by atoms with van der Waals surface area (Å²) in [6.07, 6.45) is 2.63. The van der Waals surface area contributed by atoms with Gasteiger partial charge in [0.15, 0.2) is 0 Å². The molecule has 1 N–H and O–H groups in total. The number of aliphatic hydroxyl groups is 1. The Balaban J connectivity index is 1.73. The summed E-state index contributed by atoms with van der Waals surface area (Å²) in [5, 5.41) is 9.85. The molecule has 1 atom stereocenters. The minimum atomic E-state index is -0.419. The average Bonchev–Trinajstić information content (AvgIpc) is 2.87. The second-order valence-corrected chi connectivity index (χ2v) is 5.19. The minimum absolute atomic E-state index is 0.261. The fourth-order valence-electron chi connectivity index (χ4n) is 2.10. The number of ether oxygens (including phenoxy) is 1. The molecule has 1 aliphatic carbocycles. The highest BCUT2D eigenvalue weighted by atomic mass is 16.5. The van der Waals surface area contributed by atoms with Gasteiger partial charge in [-0.2, -0.15) is 0 Å². The van der Waals surface area contributed by atoms with E-state index in [1.54, 1.807) is 0 Å². The van der Waals surface area contributed by atoms with Crippen molar-refractivity contribution in [1.82, 2.24) is 0 Å². The monoisotopic (exact) mass is 231 g/mol. The van der Waals surface area contributed by atoms with Crippen molar-refractivity contribution in [2.24, 2.45) is 4.99 Å². The molecular weight excluding hydrogens is 214 g/mol. The molecule has 1 aromatic carbocycles. The summed E-state index contributed by atoms with van der Waals surface area (Å²) >= 11 is 0. The molecule has 3 heteroatoms. The van der Waals surface area contributed by atoms with E-state index < -0.39 is 5.60 Å². The first kappa shape index (κ1) is 10.8. The Kier molecular flexibility index (Phi) is 2.44. The highest BCUT2D eigenvalue weighted by Gasteiger charge is 2.39. The number of hydrogen-bond donors (Lipinski definition) is 1. The van der Waals surface area contributed by atoms with Gasteiger partial charge in [-0.15, -0.1) is 0 Å². The van der Waals surface area contributed by atoms with Crippen LogP contribution in [0.1, 0.15) is 30.9 Å². The zero-order valence-corrected chi connectivity index (χ0v) is 10.0. The van der Waals surface area contributed by atoms with Gasteiger partial charge in [-0.1, -0.05) is 12.1 Å². The number of aliphatic imine (C=N–C) groups is 1. The van der Waals surface area contributed by atoms with Crippen molar-refractivity contribution in [1.29, 1.82) is 0 Å². The van der Waals surface area contributed by atoms with Crippen LogP contribution in [0.25, 0.3) is 0 Å². The van der Waals surface area contributed by atoms with Crippen molar-refractivity contribution < 1.29 is 9.84 Å². The Morgan fingerprint density at radius 3 is 2.59 bits per heavy atom. The van der Waals surface area contributed by atoms with E-state index in [0.29, 0.717) is 6.61 Å². The fraction of sp³-hybridized carbons (Fsp3) is 0.500. The summed E-state index contributed by atoms with van der Waals surface area (Å²) in [6.45, 7) is 2.72. The van der Waals surface area contributed by atoms with Crippen molar-refractivity contribution in [2.45, 2.75) is 37.8 Å². The summed E-state index contributed by atoms with van der Waals surface area (Å²) in [5.41, 5.74) is 1.79. The van der Waals surface area contributed by atoms with E-state index in [9.17, 15) is 5.11 Å². The number of benzene rings is 1. The van der Waals surface area contributed by atoms with Gasteiger partial charge >= 0.3 is 0 Å². The average molecular weight is 231 g/mol. The van der Waals surface area contributed by atoms with Gasteiger partial charge in [0.2, 0.25) is 5.90 Å². The fourth-order valence-corrected chi connectivity index (χ4v) is 2.10. The normalized spacial score (nSPS) is 25.3. The van der Waals surface area contributed by atoms with Crippen LogP contribution < -0.4 is 0 Å². The van der Waals surface area contributed by atoms with Gasteiger partial charge in [0, 0.05) is 12.0 Å². The summed E-state index contributed by atoms with van der Waals surface area (Å²) in [6, 6.07) is 8.42. The van der Waals surface area contributed by atoms with Crippen LogP contribution in [0.2, 0.25) is 0 Å². The molecule has 1 unspecified atom stereocenters. The maximum atomic E-state index is 9.85. The van der Waals surface area contributed by atoms with Gasteiger partial charge in [0.1, 0.15) is 6.61 Å². The molecule has 3 nitrogen and oxygen atoms in total. The molecule has 1 heterocycles. The molecule has 0 saturated heterocycles. The van der Waals surface area contributed by atoms with Crippen LogP contribution in [0.15, 0.2) is 29.3 Å². The first-order chi connectivity index (χ1) is 8.15. The molecule has 1 saturated carbocycles. The molecule has 90 valence electrons. The molecular formula is C14H17NO2. The predicted octanol–water partition coefficient (Wildman–Crippen LogP) is 1.92. The van der Waals surface area contributed by atoms with Gasteiger partial charge in [-0.25, -0.2) is 4.99 Å². The summed E-state index contributed by atoms with van der Waals surface area (Å²) in [4.78, 5) is 4.42. The smallest absolute Gasteiger partial charge is 0.216 e. The van der Waals surface area contributed by atoms with Crippen LogP contribution in [-0.4, -0.2) is 29.3 Å². The quantitative estimate of drug-likeness (QED) is 0.863. The molecule has 0 radical (unpaired) electrons. The molecule has 1 aliphatic heterocycles. The zero-order chi connectivity index (χ0) is 11.9. The molecule has 0 amide bonds. The largest absolute Gasteiger partial charge is 0.475 e. The van der Waals surface area contributed by atoms with Crippen molar-refractivity contribution in [3.8, 4) is 0 Å². The van der Waals surface area contributed by atoms with E-state index in [0.717, 1.165) is 30.7 Å². The second-order valence-electron chi connectivity index (χ2n) is 5.19. The molecule has 3 rings (SSSR count). The van der Waals surface area contributed by atoms with E-state index in [-0.39, 0.29) is 6.04 Å². The van der Waals surface area contributed by atoms with E-state index >= 15 is 0 Å². The maximum absolute atomic E-state index is 9.85. The van der Waals surface area contributed by atoms with Gasteiger partial charge in [-0.3, -0.25) is 0 Å². The third-order valence-corrected chi connectivity index (χ3v) is 3.36. The van der Waals surface area contributed by atoms with Crippen molar-refractivity contribution in [3.63, 3.8) is 0 Å². The Morgan fingerprint density at radius 2 is 2.06 bits per heavy atom. The molecule has 1 fully saturated rings. The van der Waals surface area contributed by atoms with Gasteiger partial charge < -0.3 is 9.84 Å². The van der Waals surface area contributed by atoms with Crippen molar-refractivity contribution in [3.05, 3.63) is 35.4 Å². The first-order valence-corrected chi connectivity index (χ1v) is 6.17. The zero-order valence-electron chi connectivity index (χ0n) is 10.0. The standard InChI is InChI=1S/C14H17NO2/c1-10-9-17-13(15-10)12-4-2-11(3-5-12)8-14(16)6-7-14/h2-5,10,16H,6-9H2,1H3. The van der Waals surface area contributed by atoms with Crippen LogP contribution in [-0.2, 0) is 11.2 Å². The third kappa shape index (κ3) is 2.34. The Bertz CT molecular complexity index is 446. The van der Waals surface area contributed by atoms with E-state index in [1.807, 2.05) is 19.1 Å². The van der Waals surface area contributed by atoms with E-state index in [4.69, 9.17) is 4.74 Å². The number of hydrogen-bond acceptors (Lipinski definition) is 3. The summed E-state index contributed by atoms with van der Waals surface area (Å²) < 4.78 is 5.51. The van der Waals surface area contributed by atoms with Crippen LogP contribution in [0.5, 0.6) is 0 Å². The molecule has 0 aromatic heterocycles. The van der Waals surface area contributed by atoms with E-state index in [1.165, 1.54) is 5.56 Å². The summed E-state index contributed by atoms with van der Waals surface area (Å²) in [5.74, 6) is 0.745. The Labute approximate surface area is 101 Å². The second kappa shape index (κ2) is 3.84. The molecule has 0 spiro atoms. The van der Waals surface area contributed by atoms with Crippen LogP contribution in [0.4, 0.5) is 0 Å². The lowest BCUT2D eigenvalue weighted by Gasteiger charge is -2.08. The Morgan fingerprint density at radius 1 is 1.35 bits per heavy atom. The van der Waals surface area contributed by atoms with E-state index in [2.05, 4.69) is 17.1 Å². The topological polar surface area (TPSA) is 41.8 Å². The van der Waals surface area contributed by atoms with Crippen LogP contribution >= 0.6 is 0 Å². The SMILES string of the molecule is CC1COC(c2ccc(CC3(O)CC3)cc2)=N1. The minimum Gasteiger partial charge on any atom is -0.475 e. The lowest BCUT2D eigenvalue weighted by Crippen LogP contribution is -2.10. The highest BCUT2D eigenvalue weighted by Crippen LogP contribution is 2.38. The highest BCUT2D eigenvalue weighted by molar-refractivity contribution is 5.95. The molecule has 1 aromatic rings. The number of rotatable bonds is 3. The summed E-state index contributed by atoms with van der Waals surface area (Å²) in [7, 11) is 0. The molecule has 0 bridgehead atoms. The van der Waals surface area contributed by atoms with Crippen molar-refractivity contribution >= 4 is 5.90 Å². The first-order valence-electron chi connectivity index (χ1n) is 6.17. The third-order valence-electron chi connectivity index (χ3n) is 3.36. The van der Waals surface area contributed by atoms with Gasteiger partial charge in [0.25, 0.3) is 0 Å². The van der Waals surface area contributed by atoms with Crippen molar-refractivity contribution in [2.75, 3.05) is 6.61 Å². The van der Waals surface area contributed by atoms with Crippen LogP contribution in [0, 0.1) is 0 Å². The van der Waals surface area contributed by atoms with Gasteiger partial charge in [-0.05, 0) is 37.5 Å². The van der Waals surface area contributed by atoms with Crippen LogP contribution in [0.3, 0.4) is 0 Å². The number of nitrogens with zero attached hydrogens (tertiary/aromatic N) is 1. The lowest BCUT2D eigenvalue weighted by molar-refractivity contribution is 0.151. The molecule has 17 heavy (non-hydrogen) atoms. The molecule has 2 aliphatic rings. The Hall–Kier alpha value is -1.35.